The van der Waals surface area contributed by atoms with Crippen LogP contribution in [0.5, 0.6) is 0 Å². The van der Waals surface area contributed by atoms with Crippen molar-refractivity contribution in [1.82, 2.24) is 0 Å². The minimum absolute atomic E-state index is 0.829. The lowest BCUT2D eigenvalue weighted by molar-refractivity contribution is 1.64. The maximum absolute atomic E-state index is 6.12. The Morgan fingerprint density at radius 2 is 1.35 bits per heavy atom. The van der Waals surface area contributed by atoms with Gasteiger partial charge >= 0.3 is 0 Å². The smallest absolute Gasteiger partial charge is 0.0400 e. The fourth-order valence-electron chi connectivity index (χ4n) is 2.22. The molecule has 0 atom stereocenters. The summed E-state index contributed by atoms with van der Waals surface area (Å²) >= 11 is 0. The van der Waals surface area contributed by atoms with Gasteiger partial charge in [0.1, 0.15) is 0 Å². The number of fused-ring (bicyclic) bond motifs is 1. The molecule has 0 saturated heterocycles. The minimum atomic E-state index is 0.829. The summed E-state index contributed by atoms with van der Waals surface area (Å²) < 4.78 is 0. The van der Waals surface area contributed by atoms with Crippen LogP contribution >= 0.6 is 0 Å². The highest BCUT2D eigenvalue weighted by Crippen LogP contribution is 2.33. The lowest BCUT2D eigenvalue weighted by Crippen LogP contribution is -1.91. The first-order chi connectivity index (χ1) is 8.36. The second-order valence-corrected chi connectivity index (χ2v) is 4.12. The van der Waals surface area contributed by atoms with E-state index in [2.05, 4.69) is 30.3 Å². The average molecular weight is 219 g/mol. The largest absolute Gasteiger partial charge is 0.398 e. The number of rotatable bonds is 1. The van der Waals surface area contributed by atoms with Crippen LogP contribution in [0, 0.1) is 0 Å². The summed E-state index contributed by atoms with van der Waals surface area (Å²) in [5.41, 5.74) is 9.24. The minimum Gasteiger partial charge on any atom is -0.398 e. The zero-order chi connectivity index (χ0) is 11.7. The Hall–Kier alpha value is -2.28. The SMILES string of the molecule is Nc1ccc2ccccc2c1-c1ccccc1. The molecular weight excluding hydrogens is 206 g/mol. The Kier molecular flexibility index (Phi) is 2.30. The first kappa shape index (κ1) is 9.91. The molecule has 0 aliphatic rings. The number of benzene rings is 3. The molecule has 3 aromatic carbocycles. The molecule has 0 aromatic heterocycles. The Labute approximate surface area is 101 Å². The second kappa shape index (κ2) is 3.95. The lowest BCUT2D eigenvalue weighted by atomic mass is 9.97. The van der Waals surface area contributed by atoms with Crippen molar-refractivity contribution >= 4 is 16.5 Å². The molecule has 0 heterocycles. The molecule has 82 valence electrons. The van der Waals surface area contributed by atoms with Gasteiger partial charge in [0, 0.05) is 11.3 Å². The quantitative estimate of drug-likeness (QED) is 0.613. The summed E-state index contributed by atoms with van der Waals surface area (Å²) in [6.45, 7) is 0. The third-order valence-electron chi connectivity index (χ3n) is 3.02. The fourth-order valence-corrected chi connectivity index (χ4v) is 2.22. The molecule has 3 rings (SSSR count). The van der Waals surface area contributed by atoms with Crippen molar-refractivity contribution in [3.05, 3.63) is 66.7 Å². The Morgan fingerprint density at radius 1 is 0.647 bits per heavy atom. The fraction of sp³-hybridized carbons (Fsp3) is 0. The summed E-state index contributed by atoms with van der Waals surface area (Å²) in [5.74, 6) is 0. The van der Waals surface area contributed by atoms with Crippen LogP contribution in [0.4, 0.5) is 5.69 Å². The first-order valence-corrected chi connectivity index (χ1v) is 5.69. The topological polar surface area (TPSA) is 26.0 Å². The van der Waals surface area contributed by atoms with E-state index in [9.17, 15) is 0 Å². The number of anilines is 1. The highest BCUT2D eigenvalue weighted by Gasteiger charge is 2.06. The van der Waals surface area contributed by atoms with Gasteiger partial charge in [0.15, 0.2) is 0 Å². The van der Waals surface area contributed by atoms with Crippen molar-refractivity contribution in [3.63, 3.8) is 0 Å². The second-order valence-electron chi connectivity index (χ2n) is 4.12. The van der Waals surface area contributed by atoms with Gasteiger partial charge in [-0.3, -0.25) is 0 Å². The van der Waals surface area contributed by atoms with Gasteiger partial charge in [-0.2, -0.15) is 0 Å². The summed E-state index contributed by atoms with van der Waals surface area (Å²) in [4.78, 5) is 0. The van der Waals surface area contributed by atoms with E-state index in [-0.39, 0.29) is 0 Å². The van der Waals surface area contributed by atoms with E-state index in [0.29, 0.717) is 0 Å². The molecule has 0 fully saturated rings. The van der Waals surface area contributed by atoms with Crippen molar-refractivity contribution in [3.8, 4) is 11.1 Å². The number of nitrogen functional groups attached to an aromatic ring is 1. The van der Waals surface area contributed by atoms with E-state index in [0.717, 1.165) is 11.3 Å². The molecule has 17 heavy (non-hydrogen) atoms. The molecular formula is C16H13N. The predicted octanol–water partition coefficient (Wildman–Crippen LogP) is 4.09. The third-order valence-corrected chi connectivity index (χ3v) is 3.02. The molecule has 0 bridgehead atoms. The van der Waals surface area contributed by atoms with Gasteiger partial charge in [0.25, 0.3) is 0 Å². The van der Waals surface area contributed by atoms with E-state index >= 15 is 0 Å². The molecule has 1 nitrogen and oxygen atoms in total. The first-order valence-electron chi connectivity index (χ1n) is 5.69. The molecule has 0 spiro atoms. The maximum atomic E-state index is 6.12. The van der Waals surface area contributed by atoms with Crippen molar-refractivity contribution in [2.24, 2.45) is 0 Å². The van der Waals surface area contributed by atoms with Gasteiger partial charge in [-0.25, -0.2) is 0 Å². The molecule has 0 saturated carbocycles. The van der Waals surface area contributed by atoms with Gasteiger partial charge in [0.2, 0.25) is 0 Å². The zero-order valence-corrected chi connectivity index (χ0v) is 9.43. The van der Waals surface area contributed by atoms with Gasteiger partial charge < -0.3 is 5.73 Å². The van der Waals surface area contributed by atoms with Gasteiger partial charge in [-0.05, 0) is 22.4 Å². The van der Waals surface area contributed by atoms with E-state index in [1.807, 2.05) is 36.4 Å². The summed E-state index contributed by atoms with van der Waals surface area (Å²) in [7, 11) is 0. The summed E-state index contributed by atoms with van der Waals surface area (Å²) in [5, 5.41) is 2.43. The van der Waals surface area contributed by atoms with Crippen molar-refractivity contribution in [2.45, 2.75) is 0 Å². The van der Waals surface area contributed by atoms with Crippen LogP contribution in [-0.2, 0) is 0 Å². The van der Waals surface area contributed by atoms with E-state index in [4.69, 9.17) is 5.73 Å². The van der Waals surface area contributed by atoms with E-state index in [1.54, 1.807) is 0 Å². The average Bonchev–Trinajstić information content (AvgIpc) is 2.39. The Bertz CT molecular complexity index is 657. The van der Waals surface area contributed by atoms with Gasteiger partial charge in [-0.15, -0.1) is 0 Å². The Balaban J connectivity index is 2.39. The van der Waals surface area contributed by atoms with Crippen LogP contribution in [0.1, 0.15) is 0 Å². The number of hydrogen-bond acceptors (Lipinski definition) is 1. The molecule has 0 unspecified atom stereocenters. The molecule has 0 radical (unpaired) electrons. The molecule has 0 aliphatic heterocycles. The summed E-state index contributed by atoms with van der Waals surface area (Å²) in [6, 6.07) is 22.7. The molecule has 2 N–H and O–H groups in total. The van der Waals surface area contributed by atoms with Gasteiger partial charge in [-0.1, -0.05) is 60.7 Å². The normalized spacial score (nSPS) is 10.6. The number of nitrogens with two attached hydrogens (primary N) is 1. The van der Waals surface area contributed by atoms with Crippen molar-refractivity contribution in [1.29, 1.82) is 0 Å². The van der Waals surface area contributed by atoms with Crippen LogP contribution in [0.3, 0.4) is 0 Å². The molecule has 0 amide bonds. The zero-order valence-electron chi connectivity index (χ0n) is 9.43. The number of hydrogen-bond donors (Lipinski definition) is 1. The summed E-state index contributed by atoms with van der Waals surface area (Å²) in [6.07, 6.45) is 0. The molecule has 1 heteroatoms. The van der Waals surface area contributed by atoms with E-state index in [1.165, 1.54) is 16.3 Å². The lowest BCUT2D eigenvalue weighted by Gasteiger charge is -2.10. The van der Waals surface area contributed by atoms with E-state index < -0.39 is 0 Å². The van der Waals surface area contributed by atoms with Crippen LogP contribution < -0.4 is 5.73 Å². The highest BCUT2D eigenvalue weighted by molar-refractivity contribution is 6.02. The monoisotopic (exact) mass is 219 g/mol. The third kappa shape index (κ3) is 1.66. The van der Waals surface area contributed by atoms with Crippen LogP contribution in [-0.4, -0.2) is 0 Å². The van der Waals surface area contributed by atoms with Crippen LogP contribution in [0.2, 0.25) is 0 Å². The Morgan fingerprint density at radius 3 is 2.18 bits per heavy atom. The maximum Gasteiger partial charge on any atom is 0.0400 e. The van der Waals surface area contributed by atoms with Crippen LogP contribution in [0.25, 0.3) is 21.9 Å². The highest BCUT2D eigenvalue weighted by atomic mass is 14.6. The van der Waals surface area contributed by atoms with Gasteiger partial charge in [0.05, 0.1) is 0 Å². The van der Waals surface area contributed by atoms with Crippen molar-refractivity contribution < 1.29 is 0 Å². The molecule has 3 aromatic rings. The van der Waals surface area contributed by atoms with Crippen molar-refractivity contribution in [2.75, 3.05) is 5.73 Å². The van der Waals surface area contributed by atoms with Crippen LogP contribution in [0.15, 0.2) is 66.7 Å². The molecule has 0 aliphatic carbocycles. The standard InChI is InChI=1S/C16H13N/c17-15-11-10-12-6-4-5-9-14(12)16(15)13-7-2-1-3-8-13/h1-11H,17H2. The predicted molar refractivity (Wildman–Crippen MR) is 73.8 cm³/mol.